The summed E-state index contributed by atoms with van der Waals surface area (Å²) in [6.45, 7) is 0.895. The lowest BCUT2D eigenvalue weighted by Gasteiger charge is -2.31. The molecule has 0 aromatic heterocycles. The Hall–Kier alpha value is -0.520. The topological polar surface area (TPSA) is 69.7 Å². The van der Waals surface area contributed by atoms with E-state index in [1.165, 1.54) is 6.92 Å². The molecular formula is C9H8F9IO5S. The van der Waals surface area contributed by atoms with Gasteiger partial charge in [0.2, 0.25) is 0 Å². The molecule has 0 rings (SSSR count). The molecule has 0 aromatic rings. The van der Waals surface area contributed by atoms with Crippen LogP contribution in [-0.4, -0.2) is 48.3 Å². The third kappa shape index (κ3) is 5.48. The number of carbonyl (C=O) groups excluding carboxylic acids is 1. The molecule has 0 saturated carbocycles. The van der Waals surface area contributed by atoms with Crippen molar-refractivity contribution >= 4 is 38.8 Å². The molecule has 0 heterocycles. The summed E-state index contributed by atoms with van der Waals surface area (Å²) in [5.41, 5.74) is 0. The minimum atomic E-state index is -7.48. The number of esters is 1. The highest BCUT2D eigenvalue weighted by Crippen LogP contribution is 2.48. The largest absolute Gasteiger partial charge is 0.465 e. The van der Waals surface area contributed by atoms with Crippen molar-refractivity contribution in [1.29, 1.82) is 0 Å². The lowest BCUT2D eigenvalue weighted by molar-refractivity contribution is -0.456. The Morgan fingerprint density at radius 1 is 1.04 bits per heavy atom. The third-order valence-electron chi connectivity index (χ3n) is 2.31. The van der Waals surface area contributed by atoms with Gasteiger partial charge in [-0.15, -0.1) is 0 Å². The van der Waals surface area contributed by atoms with Gasteiger partial charge in [0.15, 0.2) is 0 Å². The van der Waals surface area contributed by atoms with Gasteiger partial charge in [0, 0.05) is 6.42 Å². The second-order valence-electron chi connectivity index (χ2n) is 4.22. The second-order valence-corrected chi connectivity index (χ2v) is 7.11. The summed E-state index contributed by atoms with van der Waals surface area (Å²) in [6, 6.07) is 0. The predicted molar refractivity (Wildman–Crippen MR) is 70.0 cm³/mol. The van der Waals surface area contributed by atoms with Crippen molar-refractivity contribution in [3.8, 4) is 0 Å². The van der Waals surface area contributed by atoms with E-state index < -0.39 is 49.9 Å². The first-order valence-corrected chi connectivity index (χ1v) is 8.41. The number of halogens is 10. The first-order chi connectivity index (χ1) is 10.8. The van der Waals surface area contributed by atoms with Gasteiger partial charge in [-0.05, 0) is 6.92 Å². The van der Waals surface area contributed by atoms with Gasteiger partial charge in [0.05, 0.1) is 6.61 Å². The zero-order chi connectivity index (χ0) is 20.5. The highest BCUT2D eigenvalue weighted by atomic mass is 127. The molecule has 0 saturated heterocycles. The van der Waals surface area contributed by atoms with E-state index in [1.54, 1.807) is 0 Å². The summed E-state index contributed by atoms with van der Waals surface area (Å²) in [5.74, 6) is -7.09. The molecule has 0 fully saturated rings. The smallest absolute Gasteiger partial charge is 0.464 e. The molecule has 150 valence electrons. The monoisotopic (exact) mass is 526 g/mol. The maximum Gasteiger partial charge on any atom is 0.464 e. The molecule has 1 unspecified atom stereocenters. The van der Waals surface area contributed by atoms with E-state index in [0.29, 0.717) is 0 Å². The Balaban J connectivity index is 5.51. The molecule has 0 aromatic carbocycles. The lowest BCUT2D eigenvalue weighted by atomic mass is 10.1. The molecular weight excluding hydrogens is 518 g/mol. The van der Waals surface area contributed by atoms with Crippen molar-refractivity contribution in [3.63, 3.8) is 0 Å². The minimum Gasteiger partial charge on any atom is -0.465 e. The first kappa shape index (κ1) is 24.5. The number of alkyl halides is 9. The van der Waals surface area contributed by atoms with Crippen LogP contribution in [0.25, 0.3) is 0 Å². The van der Waals surface area contributed by atoms with Crippen LogP contribution in [-0.2, 0) is 24.5 Å². The maximum atomic E-state index is 13.4. The summed E-state index contributed by atoms with van der Waals surface area (Å²) in [5, 5.41) is -6.87. The number of rotatable bonds is 9. The van der Waals surface area contributed by atoms with Crippen LogP contribution in [0.3, 0.4) is 0 Å². The van der Waals surface area contributed by atoms with Gasteiger partial charge in [0.25, 0.3) is 0 Å². The lowest BCUT2D eigenvalue weighted by Crippen LogP contribution is -2.55. The van der Waals surface area contributed by atoms with Crippen LogP contribution in [0.15, 0.2) is 0 Å². The average Bonchev–Trinajstić information content (AvgIpc) is 2.35. The molecule has 25 heavy (non-hydrogen) atoms. The molecule has 1 atom stereocenters. The molecule has 0 bridgehead atoms. The fourth-order valence-corrected chi connectivity index (χ4v) is 2.16. The van der Waals surface area contributed by atoms with Crippen LogP contribution in [0, 0.1) is 0 Å². The molecule has 0 N–H and O–H groups in total. The normalized spacial score (nSPS) is 15.8. The zero-order valence-electron chi connectivity index (χ0n) is 11.7. The Morgan fingerprint density at radius 2 is 1.48 bits per heavy atom. The molecule has 5 nitrogen and oxygen atoms in total. The van der Waals surface area contributed by atoms with Crippen molar-refractivity contribution in [2.75, 3.05) is 6.61 Å². The molecule has 0 aliphatic rings. The molecule has 0 spiro atoms. The van der Waals surface area contributed by atoms with Gasteiger partial charge in [-0.3, -0.25) is 4.79 Å². The van der Waals surface area contributed by atoms with Crippen LogP contribution in [0.5, 0.6) is 0 Å². The van der Waals surface area contributed by atoms with Gasteiger partial charge < -0.3 is 4.74 Å². The highest BCUT2D eigenvalue weighted by Gasteiger charge is 2.74. The Bertz CT molecular complexity index is 594. The van der Waals surface area contributed by atoms with Crippen molar-refractivity contribution in [2.45, 2.75) is 40.7 Å². The van der Waals surface area contributed by atoms with E-state index >= 15 is 0 Å². The van der Waals surface area contributed by atoms with Gasteiger partial charge in [-0.1, -0.05) is 26.5 Å². The van der Waals surface area contributed by atoms with Crippen LogP contribution in [0.4, 0.5) is 39.0 Å². The summed E-state index contributed by atoms with van der Waals surface area (Å²) in [4.78, 5) is 11.1. The van der Waals surface area contributed by atoms with E-state index in [4.69, 9.17) is 0 Å². The maximum absolute atomic E-state index is 13.4. The van der Waals surface area contributed by atoms with Gasteiger partial charge in [-0.2, -0.15) is 43.5 Å². The Kier molecular flexibility index (Phi) is 7.45. The standard InChI is InChI=1S/C9H8F9IO5S/c1-2-23-5(20)4(19)3-6(10,11)7(12,13)24-8(14,15)9(16,17)25(18,21)22/h4H,2-3H2,1H3. The highest BCUT2D eigenvalue weighted by molar-refractivity contribution is 14.1. The molecule has 0 radical (unpaired) electrons. The van der Waals surface area contributed by atoms with Crippen molar-refractivity contribution in [1.82, 2.24) is 0 Å². The Morgan fingerprint density at radius 3 is 1.84 bits per heavy atom. The molecule has 16 heteroatoms. The van der Waals surface area contributed by atoms with E-state index in [2.05, 4.69) is 4.74 Å². The van der Waals surface area contributed by atoms with Crippen LogP contribution < -0.4 is 0 Å². The number of hydrogen-bond acceptors (Lipinski definition) is 5. The summed E-state index contributed by atoms with van der Waals surface area (Å²) < 4.78 is 140. The fraction of sp³-hybridized carbons (Fsp3) is 0.889. The van der Waals surface area contributed by atoms with Crippen LogP contribution in [0.2, 0.25) is 0 Å². The SMILES string of the molecule is CCOC(=O)C(I)CC(F)(F)C(F)(F)OC(F)(F)C(F)(F)S(=O)(=O)F. The van der Waals surface area contributed by atoms with Gasteiger partial charge >= 0.3 is 39.6 Å². The predicted octanol–water partition coefficient (Wildman–Crippen LogP) is 3.47. The summed E-state index contributed by atoms with van der Waals surface area (Å²) in [6.07, 6.45) is -15.4. The zero-order valence-corrected chi connectivity index (χ0v) is 14.7. The van der Waals surface area contributed by atoms with Crippen LogP contribution >= 0.6 is 22.6 Å². The van der Waals surface area contributed by atoms with Crippen molar-refractivity contribution in [3.05, 3.63) is 0 Å². The third-order valence-corrected chi connectivity index (χ3v) is 4.10. The summed E-state index contributed by atoms with van der Waals surface area (Å²) >= 11 is 0.887. The Labute approximate surface area is 148 Å². The van der Waals surface area contributed by atoms with E-state index in [0.717, 1.165) is 22.6 Å². The van der Waals surface area contributed by atoms with Crippen molar-refractivity contribution < 1.29 is 61.7 Å². The number of hydrogen-bond donors (Lipinski definition) is 0. The van der Waals surface area contributed by atoms with E-state index in [9.17, 15) is 52.2 Å². The van der Waals surface area contributed by atoms with E-state index in [1.807, 2.05) is 4.74 Å². The quantitative estimate of drug-likeness (QED) is 0.152. The molecule has 0 amide bonds. The van der Waals surface area contributed by atoms with Gasteiger partial charge in [0.1, 0.15) is 3.92 Å². The first-order valence-electron chi connectivity index (χ1n) is 5.78. The second kappa shape index (κ2) is 7.61. The average molecular weight is 526 g/mol. The minimum absolute atomic E-state index is 0.338. The molecule has 0 aliphatic heterocycles. The fourth-order valence-electron chi connectivity index (χ4n) is 1.10. The van der Waals surface area contributed by atoms with Crippen molar-refractivity contribution in [2.24, 2.45) is 0 Å². The summed E-state index contributed by atoms with van der Waals surface area (Å²) in [7, 11) is -7.48. The number of ether oxygens (including phenoxy) is 2. The molecule has 0 aliphatic carbocycles. The number of carbonyl (C=O) groups is 1. The van der Waals surface area contributed by atoms with Gasteiger partial charge in [-0.25, -0.2) is 4.74 Å². The van der Waals surface area contributed by atoms with E-state index in [-0.39, 0.29) is 6.61 Å². The van der Waals surface area contributed by atoms with Crippen LogP contribution in [0.1, 0.15) is 13.3 Å².